The lowest BCUT2D eigenvalue weighted by Crippen LogP contribution is -2.21. The number of pyridine rings is 1. The molecule has 4 rings (SSSR count). The first-order chi connectivity index (χ1) is 14.8. The van der Waals surface area contributed by atoms with Crippen LogP contribution in [0.5, 0.6) is 11.6 Å². The highest BCUT2D eigenvalue weighted by atomic mass is 35.5. The number of nitrogens with one attached hydrogen (secondary N) is 1. The van der Waals surface area contributed by atoms with Crippen LogP contribution in [0, 0.1) is 0 Å². The van der Waals surface area contributed by atoms with Crippen molar-refractivity contribution in [3.8, 4) is 11.6 Å². The molecule has 30 heavy (non-hydrogen) atoms. The first kappa shape index (κ1) is 20.2. The largest absolute Gasteiger partial charge is 0.489 e. The third-order valence-electron chi connectivity index (χ3n) is 4.77. The Labute approximate surface area is 181 Å². The van der Waals surface area contributed by atoms with E-state index in [1.54, 1.807) is 6.20 Å². The highest BCUT2D eigenvalue weighted by Crippen LogP contribution is 2.29. The summed E-state index contributed by atoms with van der Waals surface area (Å²) in [5.41, 5.74) is 2.22. The molecular formula is C25H23ClN2O2. The van der Waals surface area contributed by atoms with Crippen molar-refractivity contribution in [1.82, 2.24) is 10.3 Å². The summed E-state index contributed by atoms with van der Waals surface area (Å²) in [6, 6.07) is 25.9. The van der Waals surface area contributed by atoms with E-state index in [0.717, 1.165) is 21.9 Å². The number of halogens is 1. The maximum absolute atomic E-state index is 6.17. The van der Waals surface area contributed by atoms with Crippen molar-refractivity contribution in [1.29, 1.82) is 0 Å². The Kier molecular flexibility index (Phi) is 6.80. The first-order valence-corrected chi connectivity index (χ1v) is 10.3. The van der Waals surface area contributed by atoms with Gasteiger partial charge in [-0.25, -0.2) is 4.98 Å². The zero-order chi connectivity index (χ0) is 20.6. The second-order valence-corrected chi connectivity index (χ2v) is 7.31. The van der Waals surface area contributed by atoms with E-state index in [-0.39, 0.29) is 0 Å². The smallest absolute Gasteiger partial charge is 0.213 e. The molecule has 5 heteroatoms. The molecule has 1 heterocycles. The molecule has 0 spiro atoms. The molecule has 0 saturated heterocycles. The van der Waals surface area contributed by atoms with E-state index in [2.05, 4.69) is 40.6 Å². The van der Waals surface area contributed by atoms with Crippen molar-refractivity contribution in [3.63, 3.8) is 0 Å². The molecular weight excluding hydrogens is 396 g/mol. The average molecular weight is 419 g/mol. The molecule has 0 fully saturated rings. The van der Waals surface area contributed by atoms with Crippen LogP contribution in [-0.4, -0.2) is 18.1 Å². The summed E-state index contributed by atoms with van der Waals surface area (Å²) >= 11 is 5.98. The van der Waals surface area contributed by atoms with Crippen LogP contribution >= 0.6 is 11.6 Å². The molecule has 4 aromatic rings. The van der Waals surface area contributed by atoms with Gasteiger partial charge >= 0.3 is 0 Å². The molecule has 0 radical (unpaired) electrons. The number of benzene rings is 3. The van der Waals surface area contributed by atoms with Gasteiger partial charge in [0.15, 0.2) is 0 Å². The number of ether oxygens (including phenoxy) is 2. The SMILES string of the molecule is Clc1ccc(COc2ccc3ccccc3c2CNCCOc2ccccn2)cc1. The summed E-state index contributed by atoms with van der Waals surface area (Å²) < 4.78 is 11.8. The van der Waals surface area contributed by atoms with E-state index >= 15 is 0 Å². The zero-order valence-corrected chi connectivity index (χ0v) is 17.3. The fourth-order valence-corrected chi connectivity index (χ4v) is 3.37. The van der Waals surface area contributed by atoms with Crippen LogP contribution in [0.2, 0.25) is 5.02 Å². The van der Waals surface area contributed by atoms with E-state index in [4.69, 9.17) is 21.1 Å². The molecule has 0 saturated carbocycles. The minimum absolute atomic E-state index is 0.491. The van der Waals surface area contributed by atoms with Gasteiger partial charge in [-0.15, -0.1) is 0 Å². The number of hydrogen-bond donors (Lipinski definition) is 1. The molecule has 0 amide bonds. The fourth-order valence-electron chi connectivity index (χ4n) is 3.25. The molecule has 1 aromatic heterocycles. The highest BCUT2D eigenvalue weighted by Gasteiger charge is 2.09. The number of rotatable bonds is 9. The first-order valence-electron chi connectivity index (χ1n) is 9.92. The summed E-state index contributed by atoms with van der Waals surface area (Å²) in [7, 11) is 0. The van der Waals surface area contributed by atoms with Gasteiger partial charge in [-0.3, -0.25) is 0 Å². The van der Waals surface area contributed by atoms with Crippen LogP contribution in [0.1, 0.15) is 11.1 Å². The third-order valence-corrected chi connectivity index (χ3v) is 5.03. The third kappa shape index (κ3) is 5.29. The van der Waals surface area contributed by atoms with Crippen molar-refractivity contribution in [2.45, 2.75) is 13.2 Å². The lowest BCUT2D eigenvalue weighted by Gasteiger charge is -2.15. The Morgan fingerprint density at radius 2 is 1.67 bits per heavy atom. The number of hydrogen-bond acceptors (Lipinski definition) is 4. The van der Waals surface area contributed by atoms with Crippen molar-refractivity contribution in [2.75, 3.05) is 13.2 Å². The van der Waals surface area contributed by atoms with E-state index in [1.807, 2.05) is 48.5 Å². The van der Waals surface area contributed by atoms with Gasteiger partial charge in [-0.1, -0.05) is 60.1 Å². The highest BCUT2D eigenvalue weighted by molar-refractivity contribution is 6.30. The number of fused-ring (bicyclic) bond motifs is 1. The van der Waals surface area contributed by atoms with Crippen LogP contribution < -0.4 is 14.8 Å². The lowest BCUT2D eigenvalue weighted by atomic mass is 10.0. The molecule has 152 valence electrons. The van der Waals surface area contributed by atoms with E-state index < -0.39 is 0 Å². The van der Waals surface area contributed by atoms with Crippen molar-refractivity contribution in [3.05, 3.63) is 101 Å². The second kappa shape index (κ2) is 10.1. The molecule has 0 aliphatic heterocycles. The molecule has 0 aliphatic carbocycles. The van der Waals surface area contributed by atoms with Gasteiger partial charge in [0.1, 0.15) is 19.0 Å². The van der Waals surface area contributed by atoms with Crippen LogP contribution in [-0.2, 0) is 13.2 Å². The van der Waals surface area contributed by atoms with Crippen LogP contribution in [0.25, 0.3) is 10.8 Å². The van der Waals surface area contributed by atoms with Gasteiger partial charge in [0.2, 0.25) is 5.88 Å². The Balaban J connectivity index is 1.42. The summed E-state index contributed by atoms with van der Waals surface area (Å²) in [4.78, 5) is 4.17. The minimum atomic E-state index is 0.491. The van der Waals surface area contributed by atoms with Gasteiger partial charge < -0.3 is 14.8 Å². The van der Waals surface area contributed by atoms with Crippen molar-refractivity contribution < 1.29 is 9.47 Å². The normalized spacial score (nSPS) is 10.8. The van der Waals surface area contributed by atoms with Gasteiger partial charge in [0.25, 0.3) is 0 Å². The Morgan fingerprint density at radius 1 is 0.833 bits per heavy atom. The van der Waals surface area contributed by atoms with Crippen LogP contribution in [0.15, 0.2) is 85.1 Å². The zero-order valence-electron chi connectivity index (χ0n) is 16.6. The Morgan fingerprint density at radius 3 is 2.50 bits per heavy atom. The van der Waals surface area contributed by atoms with E-state index in [9.17, 15) is 0 Å². The van der Waals surface area contributed by atoms with Gasteiger partial charge in [0.05, 0.1) is 0 Å². The molecule has 0 aliphatic rings. The van der Waals surface area contributed by atoms with Crippen LogP contribution in [0.4, 0.5) is 0 Å². The van der Waals surface area contributed by atoms with E-state index in [1.165, 1.54) is 10.8 Å². The number of nitrogens with zero attached hydrogens (tertiary/aromatic N) is 1. The quantitative estimate of drug-likeness (QED) is 0.357. The molecule has 3 aromatic carbocycles. The van der Waals surface area contributed by atoms with Gasteiger partial charge in [-0.2, -0.15) is 0 Å². The standard InChI is InChI=1S/C25H23ClN2O2/c26-21-11-8-19(9-12-21)18-30-24-13-10-20-5-1-2-6-22(20)23(24)17-27-15-16-29-25-7-3-4-14-28-25/h1-14,27H,15-18H2. The van der Waals surface area contributed by atoms with Gasteiger partial charge in [-0.05, 0) is 40.6 Å². The Bertz CT molecular complexity index is 1090. The molecule has 4 nitrogen and oxygen atoms in total. The molecule has 1 N–H and O–H groups in total. The summed E-state index contributed by atoms with van der Waals surface area (Å²) in [5, 5.41) is 6.56. The number of aromatic nitrogens is 1. The van der Waals surface area contributed by atoms with Crippen molar-refractivity contribution >= 4 is 22.4 Å². The fraction of sp³-hybridized carbons (Fsp3) is 0.160. The summed E-state index contributed by atoms with van der Waals surface area (Å²) in [5.74, 6) is 1.51. The van der Waals surface area contributed by atoms with Crippen molar-refractivity contribution in [2.24, 2.45) is 0 Å². The lowest BCUT2D eigenvalue weighted by molar-refractivity contribution is 0.295. The summed E-state index contributed by atoms with van der Waals surface area (Å²) in [6.07, 6.45) is 1.73. The topological polar surface area (TPSA) is 43.4 Å². The second-order valence-electron chi connectivity index (χ2n) is 6.87. The predicted octanol–water partition coefficient (Wildman–Crippen LogP) is 5.64. The van der Waals surface area contributed by atoms with Gasteiger partial charge in [0, 0.05) is 35.9 Å². The molecule has 0 atom stereocenters. The predicted molar refractivity (Wildman–Crippen MR) is 121 cm³/mol. The molecule has 0 bridgehead atoms. The van der Waals surface area contributed by atoms with Crippen LogP contribution in [0.3, 0.4) is 0 Å². The summed E-state index contributed by atoms with van der Waals surface area (Å²) in [6.45, 7) is 2.42. The maximum Gasteiger partial charge on any atom is 0.213 e. The maximum atomic E-state index is 6.17. The average Bonchev–Trinajstić information content (AvgIpc) is 2.79. The monoisotopic (exact) mass is 418 g/mol. The minimum Gasteiger partial charge on any atom is -0.489 e. The molecule has 0 unspecified atom stereocenters. The Hall–Kier alpha value is -3.08. The van der Waals surface area contributed by atoms with E-state index in [0.29, 0.717) is 32.2 Å².